The van der Waals surface area contributed by atoms with Gasteiger partial charge in [0.1, 0.15) is 5.76 Å². The number of nitrogens with one attached hydrogen (secondary N) is 2. The number of hydrogen-bond acceptors (Lipinski definition) is 2. The van der Waals surface area contributed by atoms with Gasteiger partial charge in [-0.15, -0.1) is 0 Å². The molecule has 1 heterocycles. The van der Waals surface area contributed by atoms with Crippen molar-refractivity contribution in [3.05, 3.63) is 24.2 Å². The minimum absolute atomic E-state index is 0.450. The smallest absolute Gasteiger partial charge is 0.191 e. The highest BCUT2D eigenvalue weighted by atomic mass is 16.3. The van der Waals surface area contributed by atoms with Crippen LogP contribution in [0.3, 0.4) is 0 Å². The summed E-state index contributed by atoms with van der Waals surface area (Å²) in [4.78, 5) is 4.68. The summed E-state index contributed by atoms with van der Waals surface area (Å²) in [6, 6.07) is 4.97. The van der Waals surface area contributed by atoms with Gasteiger partial charge in [0.2, 0.25) is 0 Å². The molecule has 2 N–H and O–H groups in total. The van der Waals surface area contributed by atoms with E-state index in [1.807, 2.05) is 12.1 Å². The minimum atomic E-state index is 0.450. The summed E-state index contributed by atoms with van der Waals surface area (Å²) in [5, 5.41) is 7.05. The topological polar surface area (TPSA) is 49.6 Å². The molecule has 0 aliphatic heterocycles. The normalized spacial score (nSPS) is 18.2. The van der Waals surface area contributed by atoms with Crippen LogP contribution >= 0.6 is 0 Å². The lowest BCUT2D eigenvalue weighted by molar-refractivity contribution is 0.510. The molecule has 0 bridgehead atoms. The van der Waals surface area contributed by atoms with Crippen molar-refractivity contribution in [1.29, 1.82) is 0 Å². The molecule has 1 aliphatic carbocycles. The summed E-state index contributed by atoms with van der Waals surface area (Å²) in [5.74, 6) is 1.95. The van der Waals surface area contributed by atoms with Crippen molar-refractivity contribution >= 4 is 5.96 Å². The molecule has 1 aromatic rings. The third-order valence-electron chi connectivity index (χ3n) is 3.90. The Bertz CT molecular complexity index is 394. The van der Waals surface area contributed by atoms with Gasteiger partial charge >= 0.3 is 0 Å². The standard InChI is InChI=1S/C16H27N3O/c1-3-13(2)18-16(19-14-7-4-5-8-14)17-11-10-15-9-6-12-20-15/h6,9,12-14H,3-5,7-8,10-11H2,1-2H3,(H2,17,18,19). The average Bonchev–Trinajstić information content (AvgIpc) is 3.11. The van der Waals surface area contributed by atoms with Gasteiger partial charge in [-0.2, -0.15) is 0 Å². The number of furan rings is 1. The molecule has 1 atom stereocenters. The first kappa shape index (κ1) is 14.9. The number of nitrogens with zero attached hydrogens (tertiary/aromatic N) is 1. The zero-order valence-corrected chi connectivity index (χ0v) is 12.7. The Morgan fingerprint density at radius 3 is 2.90 bits per heavy atom. The van der Waals surface area contributed by atoms with E-state index >= 15 is 0 Å². The summed E-state index contributed by atoms with van der Waals surface area (Å²) in [7, 11) is 0. The van der Waals surface area contributed by atoms with E-state index in [9.17, 15) is 0 Å². The van der Waals surface area contributed by atoms with Crippen molar-refractivity contribution in [3.63, 3.8) is 0 Å². The molecule has 4 heteroatoms. The Morgan fingerprint density at radius 2 is 2.25 bits per heavy atom. The van der Waals surface area contributed by atoms with Gasteiger partial charge in [-0.1, -0.05) is 19.8 Å². The SMILES string of the molecule is CCC(C)NC(=NCCc1ccco1)NC1CCCC1. The van der Waals surface area contributed by atoms with E-state index in [1.54, 1.807) is 6.26 Å². The second-order valence-electron chi connectivity index (χ2n) is 5.64. The fourth-order valence-electron chi connectivity index (χ4n) is 2.46. The second kappa shape index (κ2) is 7.98. The summed E-state index contributed by atoms with van der Waals surface area (Å²) in [5.41, 5.74) is 0. The Labute approximate surface area is 122 Å². The first-order chi connectivity index (χ1) is 9.78. The number of rotatable bonds is 6. The molecule has 112 valence electrons. The van der Waals surface area contributed by atoms with Crippen LogP contribution in [0.2, 0.25) is 0 Å². The van der Waals surface area contributed by atoms with Crippen molar-refractivity contribution in [2.24, 2.45) is 4.99 Å². The maximum Gasteiger partial charge on any atom is 0.191 e. The number of guanidine groups is 1. The Hall–Kier alpha value is -1.45. The predicted octanol–water partition coefficient (Wildman–Crippen LogP) is 3.10. The maximum absolute atomic E-state index is 5.34. The van der Waals surface area contributed by atoms with Crippen LogP contribution < -0.4 is 10.6 Å². The molecule has 0 spiro atoms. The first-order valence-corrected chi connectivity index (χ1v) is 7.88. The molecule has 2 rings (SSSR count). The van der Waals surface area contributed by atoms with Gasteiger partial charge < -0.3 is 15.1 Å². The van der Waals surface area contributed by atoms with Crippen LogP contribution in [0.15, 0.2) is 27.8 Å². The largest absolute Gasteiger partial charge is 0.469 e. The predicted molar refractivity (Wildman–Crippen MR) is 83.0 cm³/mol. The highest BCUT2D eigenvalue weighted by molar-refractivity contribution is 5.80. The van der Waals surface area contributed by atoms with E-state index < -0.39 is 0 Å². The molecule has 0 radical (unpaired) electrons. The van der Waals surface area contributed by atoms with Gasteiger partial charge in [0.25, 0.3) is 0 Å². The van der Waals surface area contributed by atoms with Gasteiger partial charge in [0.05, 0.1) is 6.26 Å². The van der Waals surface area contributed by atoms with Crippen LogP contribution in [0.4, 0.5) is 0 Å². The fraction of sp³-hybridized carbons (Fsp3) is 0.688. The van der Waals surface area contributed by atoms with E-state index in [-0.39, 0.29) is 0 Å². The molecule has 0 saturated heterocycles. The lowest BCUT2D eigenvalue weighted by Gasteiger charge is -2.20. The monoisotopic (exact) mass is 277 g/mol. The van der Waals surface area contributed by atoms with Crippen molar-refractivity contribution in [1.82, 2.24) is 10.6 Å². The molecule has 20 heavy (non-hydrogen) atoms. The fourth-order valence-corrected chi connectivity index (χ4v) is 2.46. The number of hydrogen-bond donors (Lipinski definition) is 2. The minimum Gasteiger partial charge on any atom is -0.469 e. The Kier molecular flexibility index (Phi) is 5.96. The Balaban J connectivity index is 1.85. The van der Waals surface area contributed by atoms with E-state index in [1.165, 1.54) is 25.7 Å². The van der Waals surface area contributed by atoms with Crippen molar-refractivity contribution in [3.8, 4) is 0 Å². The molecule has 1 fully saturated rings. The van der Waals surface area contributed by atoms with E-state index in [0.29, 0.717) is 12.1 Å². The summed E-state index contributed by atoms with van der Waals surface area (Å²) in [6.45, 7) is 5.14. The van der Waals surface area contributed by atoms with Crippen molar-refractivity contribution < 1.29 is 4.42 Å². The van der Waals surface area contributed by atoms with E-state index in [2.05, 4.69) is 29.5 Å². The van der Waals surface area contributed by atoms with Crippen LogP contribution in [-0.2, 0) is 6.42 Å². The van der Waals surface area contributed by atoms with Gasteiger partial charge in [0.15, 0.2) is 5.96 Å². The average molecular weight is 277 g/mol. The van der Waals surface area contributed by atoms with Gasteiger partial charge in [-0.3, -0.25) is 4.99 Å². The van der Waals surface area contributed by atoms with Crippen LogP contribution in [0.25, 0.3) is 0 Å². The number of aliphatic imine (C=N–C) groups is 1. The van der Waals surface area contributed by atoms with Gasteiger partial charge in [-0.25, -0.2) is 0 Å². The third-order valence-corrected chi connectivity index (χ3v) is 3.90. The first-order valence-electron chi connectivity index (χ1n) is 7.88. The molecule has 0 aromatic carbocycles. The zero-order chi connectivity index (χ0) is 14.2. The molecule has 1 unspecified atom stereocenters. The van der Waals surface area contributed by atoms with E-state index in [4.69, 9.17) is 4.42 Å². The Morgan fingerprint density at radius 1 is 1.45 bits per heavy atom. The van der Waals surface area contributed by atoms with Crippen molar-refractivity contribution in [2.75, 3.05) is 6.54 Å². The highest BCUT2D eigenvalue weighted by Gasteiger charge is 2.16. The molecule has 4 nitrogen and oxygen atoms in total. The van der Waals surface area contributed by atoms with Crippen LogP contribution in [-0.4, -0.2) is 24.6 Å². The quantitative estimate of drug-likeness (QED) is 0.620. The van der Waals surface area contributed by atoms with Gasteiger partial charge in [0, 0.05) is 25.0 Å². The zero-order valence-electron chi connectivity index (χ0n) is 12.7. The maximum atomic E-state index is 5.34. The summed E-state index contributed by atoms with van der Waals surface area (Å²) in [6.07, 6.45) is 8.86. The lowest BCUT2D eigenvalue weighted by atomic mass is 10.2. The van der Waals surface area contributed by atoms with Crippen LogP contribution in [0.1, 0.15) is 51.7 Å². The molecule has 1 aromatic heterocycles. The molecule has 0 amide bonds. The molecular weight excluding hydrogens is 250 g/mol. The van der Waals surface area contributed by atoms with Crippen LogP contribution in [0, 0.1) is 0 Å². The lowest BCUT2D eigenvalue weighted by Crippen LogP contribution is -2.45. The van der Waals surface area contributed by atoms with Gasteiger partial charge in [-0.05, 0) is 38.3 Å². The van der Waals surface area contributed by atoms with Crippen LogP contribution in [0.5, 0.6) is 0 Å². The second-order valence-corrected chi connectivity index (χ2v) is 5.64. The molecule has 1 saturated carbocycles. The molecular formula is C16H27N3O. The van der Waals surface area contributed by atoms with Crippen molar-refractivity contribution in [2.45, 2.75) is 64.5 Å². The summed E-state index contributed by atoms with van der Waals surface area (Å²) < 4.78 is 5.34. The van der Waals surface area contributed by atoms with E-state index in [0.717, 1.165) is 31.1 Å². The highest BCUT2D eigenvalue weighted by Crippen LogP contribution is 2.17. The third kappa shape index (κ3) is 4.91. The molecule has 1 aliphatic rings. The summed E-state index contributed by atoms with van der Waals surface area (Å²) >= 11 is 0.